The van der Waals surface area contributed by atoms with Crippen molar-refractivity contribution in [2.75, 3.05) is 0 Å². The second-order valence-electron chi connectivity index (χ2n) is 2.54. The smallest absolute Gasteiger partial charge is 0.325 e. The van der Waals surface area contributed by atoms with Crippen molar-refractivity contribution in [1.29, 1.82) is 0 Å². The lowest BCUT2D eigenvalue weighted by Gasteiger charge is -2.07. The predicted molar refractivity (Wildman–Crippen MR) is 40.8 cm³/mol. The third-order valence-electron chi connectivity index (χ3n) is 1.63. The van der Waals surface area contributed by atoms with Gasteiger partial charge in [0.25, 0.3) is 0 Å². The zero-order valence-electron chi connectivity index (χ0n) is 7.10. The quantitative estimate of drug-likeness (QED) is 0.771. The van der Waals surface area contributed by atoms with E-state index in [1.807, 2.05) is 0 Å². The van der Waals surface area contributed by atoms with Gasteiger partial charge in [0.15, 0.2) is 0 Å². The Balaban J connectivity index is 3.11. The molecular weight excluding hydrogens is 183 g/mol. The molecule has 0 fully saturated rings. The van der Waals surface area contributed by atoms with E-state index in [0.29, 0.717) is 0 Å². The molecule has 0 saturated heterocycles. The van der Waals surface area contributed by atoms with Crippen molar-refractivity contribution in [2.45, 2.75) is 26.2 Å². The average molecular weight is 193 g/mol. The van der Waals surface area contributed by atoms with Crippen molar-refractivity contribution in [1.82, 2.24) is 9.78 Å². The molecule has 1 aromatic heterocycles. The summed E-state index contributed by atoms with van der Waals surface area (Å²) in [6, 6.07) is 0.976. The van der Waals surface area contributed by atoms with E-state index in [1.165, 1.54) is 0 Å². The molecule has 2 N–H and O–H groups in total. The molecule has 1 heterocycles. The van der Waals surface area contributed by atoms with Crippen LogP contribution in [0.3, 0.4) is 0 Å². The lowest BCUT2D eigenvalue weighted by molar-refractivity contribution is -0.144. The molecule has 0 unspecified atom stereocenters. The van der Waals surface area contributed by atoms with Gasteiger partial charge < -0.3 is 5.73 Å². The minimum atomic E-state index is -4.35. The predicted octanol–water partition coefficient (Wildman–Crippen LogP) is 1.38. The van der Waals surface area contributed by atoms with Gasteiger partial charge in [-0.15, -0.1) is 0 Å². The highest BCUT2D eigenvalue weighted by molar-refractivity contribution is 5.13. The van der Waals surface area contributed by atoms with E-state index in [9.17, 15) is 13.2 Å². The van der Waals surface area contributed by atoms with Crippen LogP contribution >= 0.6 is 0 Å². The number of aromatic nitrogens is 2. The van der Waals surface area contributed by atoms with Gasteiger partial charge in [0, 0.05) is 13.1 Å². The summed E-state index contributed by atoms with van der Waals surface area (Å²) in [5.41, 5.74) is 4.71. The van der Waals surface area contributed by atoms with Crippen LogP contribution in [-0.4, -0.2) is 9.78 Å². The van der Waals surface area contributed by atoms with Crippen LogP contribution in [0.4, 0.5) is 13.2 Å². The summed E-state index contributed by atoms with van der Waals surface area (Å²) in [6.07, 6.45) is -4.35. The molecule has 74 valence electrons. The SMILES string of the molecule is CCn1nc(CN)cc1C(F)(F)F. The summed E-state index contributed by atoms with van der Waals surface area (Å²) in [6.45, 7) is 1.81. The van der Waals surface area contributed by atoms with Crippen molar-refractivity contribution in [2.24, 2.45) is 5.73 Å². The Labute approximate surface area is 73.3 Å². The monoisotopic (exact) mass is 193 g/mol. The topological polar surface area (TPSA) is 43.8 Å². The van der Waals surface area contributed by atoms with E-state index >= 15 is 0 Å². The van der Waals surface area contributed by atoms with E-state index in [0.717, 1.165) is 10.7 Å². The molecule has 0 saturated carbocycles. The molecule has 1 aromatic rings. The average Bonchev–Trinajstić information content (AvgIpc) is 2.46. The van der Waals surface area contributed by atoms with Crippen LogP contribution in [0.2, 0.25) is 0 Å². The van der Waals surface area contributed by atoms with E-state index in [-0.39, 0.29) is 18.8 Å². The lowest BCUT2D eigenvalue weighted by atomic mass is 10.3. The first-order valence-corrected chi connectivity index (χ1v) is 3.83. The van der Waals surface area contributed by atoms with Gasteiger partial charge in [-0.1, -0.05) is 0 Å². The Morgan fingerprint density at radius 3 is 2.46 bits per heavy atom. The van der Waals surface area contributed by atoms with Gasteiger partial charge in [-0.3, -0.25) is 4.68 Å². The number of alkyl halides is 3. The third-order valence-corrected chi connectivity index (χ3v) is 1.63. The fraction of sp³-hybridized carbons (Fsp3) is 0.571. The molecule has 0 aliphatic rings. The highest BCUT2D eigenvalue weighted by atomic mass is 19.4. The number of hydrogen-bond donors (Lipinski definition) is 1. The Morgan fingerprint density at radius 1 is 1.54 bits per heavy atom. The van der Waals surface area contributed by atoms with Gasteiger partial charge >= 0.3 is 6.18 Å². The van der Waals surface area contributed by atoms with Crippen molar-refractivity contribution in [3.05, 3.63) is 17.5 Å². The van der Waals surface area contributed by atoms with Crippen LogP contribution in [0.15, 0.2) is 6.07 Å². The molecule has 0 amide bonds. The number of aryl methyl sites for hydroxylation is 1. The number of nitrogens with zero attached hydrogens (tertiary/aromatic N) is 2. The number of halogens is 3. The summed E-state index contributed by atoms with van der Waals surface area (Å²) < 4.78 is 37.8. The highest BCUT2D eigenvalue weighted by Crippen LogP contribution is 2.29. The van der Waals surface area contributed by atoms with Crippen LogP contribution in [0.1, 0.15) is 18.3 Å². The number of hydrogen-bond acceptors (Lipinski definition) is 2. The van der Waals surface area contributed by atoms with Crippen LogP contribution < -0.4 is 5.73 Å². The van der Waals surface area contributed by atoms with Crippen molar-refractivity contribution in [3.8, 4) is 0 Å². The van der Waals surface area contributed by atoms with Crippen LogP contribution in [0.25, 0.3) is 0 Å². The molecule has 0 aromatic carbocycles. The van der Waals surface area contributed by atoms with Gasteiger partial charge in [0.1, 0.15) is 5.69 Å². The van der Waals surface area contributed by atoms with Crippen LogP contribution in [0, 0.1) is 0 Å². The maximum Gasteiger partial charge on any atom is 0.433 e. The second-order valence-corrected chi connectivity index (χ2v) is 2.54. The summed E-state index contributed by atoms with van der Waals surface area (Å²) in [5, 5.41) is 3.69. The lowest BCUT2D eigenvalue weighted by Crippen LogP contribution is -2.13. The van der Waals surface area contributed by atoms with Crippen LogP contribution in [0.5, 0.6) is 0 Å². The van der Waals surface area contributed by atoms with Crippen LogP contribution in [-0.2, 0) is 19.3 Å². The van der Waals surface area contributed by atoms with Gasteiger partial charge in [0.2, 0.25) is 0 Å². The first-order valence-electron chi connectivity index (χ1n) is 3.83. The highest BCUT2D eigenvalue weighted by Gasteiger charge is 2.35. The fourth-order valence-corrected chi connectivity index (χ4v) is 1.04. The molecule has 0 atom stereocenters. The minimum absolute atomic E-state index is 0.0239. The fourth-order valence-electron chi connectivity index (χ4n) is 1.04. The summed E-state index contributed by atoms with van der Waals surface area (Å²) in [5.74, 6) is 0. The molecule has 13 heavy (non-hydrogen) atoms. The maximum absolute atomic E-state index is 12.3. The molecule has 0 bridgehead atoms. The Hall–Kier alpha value is -1.04. The van der Waals surface area contributed by atoms with Gasteiger partial charge in [-0.2, -0.15) is 18.3 Å². The first kappa shape index (κ1) is 10.0. The largest absolute Gasteiger partial charge is 0.433 e. The zero-order valence-corrected chi connectivity index (χ0v) is 7.10. The number of nitrogens with two attached hydrogens (primary N) is 1. The standard InChI is InChI=1S/C7H10F3N3/c1-2-13-6(7(8,9)10)3-5(4-11)12-13/h3H,2,4,11H2,1H3. The van der Waals surface area contributed by atoms with E-state index in [2.05, 4.69) is 5.10 Å². The molecule has 6 heteroatoms. The second kappa shape index (κ2) is 3.37. The molecule has 0 aliphatic carbocycles. The zero-order chi connectivity index (χ0) is 10.1. The van der Waals surface area contributed by atoms with E-state index in [4.69, 9.17) is 5.73 Å². The molecular formula is C7H10F3N3. The first-order chi connectivity index (χ1) is 5.99. The third kappa shape index (κ3) is 2.00. The molecule has 0 radical (unpaired) electrons. The maximum atomic E-state index is 12.3. The minimum Gasteiger partial charge on any atom is -0.325 e. The Kier molecular flexibility index (Phi) is 2.60. The summed E-state index contributed by atoms with van der Waals surface area (Å²) >= 11 is 0. The molecule has 0 aliphatic heterocycles. The van der Waals surface area contributed by atoms with Gasteiger partial charge in [-0.05, 0) is 13.0 Å². The molecule has 1 rings (SSSR count). The summed E-state index contributed by atoms with van der Waals surface area (Å²) in [7, 11) is 0. The van der Waals surface area contributed by atoms with Crippen molar-refractivity contribution in [3.63, 3.8) is 0 Å². The van der Waals surface area contributed by atoms with E-state index in [1.54, 1.807) is 6.92 Å². The van der Waals surface area contributed by atoms with Gasteiger partial charge in [0.05, 0.1) is 5.69 Å². The van der Waals surface area contributed by atoms with Gasteiger partial charge in [-0.25, -0.2) is 0 Å². The number of rotatable bonds is 2. The molecule has 0 spiro atoms. The normalized spacial score (nSPS) is 12.1. The summed E-state index contributed by atoms with van der Waals surface area (Å²) in [4.78, 5) is 0. The van der Waals surface area contributed by atoms with Crippen molar-refractivity contribution < 1.29 is 13.2 Å². The molecule has 3 nitrogen and oxygen atoms in total. The van der Waals surface area contributed by atoms with E-state index < -0.39 is 11.9 Å². The van der Waals surface area contributed by atoms with Crippen molar-refractivity contribution >= 4 is 0 Å². The Bertz CT molecular complexity index is 290. The Morgan fingerprint density at radius 2 is 2.15 bits per heavy atom.